The molecule has 4 unspecified atom stereocenters. The third-order valence-corrected chi connectivity index (χ3v) is 13.6. The Morgan fingerprint density at radius 2 is 0.677 bits per heavy atom. The van der Waals surface area contributed by atoms with Gasteiger partial charge in [-0.15, -0.1) is 0 Å². The molecule has 65 heavy (non-hydrogen) atoms. The van der Waals surface area contributed by atoms with Gasteiger partial charge in [-0.1, -0.05) is 269 Å². The lowest BCUT2D eigenvalue weighted by atomic mass is 10.00. The topological polar surface area (TPSA) is 110 Å². The van der Waals surface area contributed by atoms with Crippen molar-refractivity contribution in [2.45, 2.75) is 327 Å². The number of hydrogen-bond acceptors (Lipinski definition) is 5. The molecule has 0 saturated heterocycles. The minimum Gasteiger partial charge on any atom is -0.394 e. The van der Waals surface area contributed by atoms with Crippen molar-refractivity contribution in [2.75, 3.05) is 6.61 Å². The van der Waals surface area contributed by atoms with Crippen LogP contribution < -0.4 is 5.32 Å². The van der Waals surface area contributed by atoms with Crippen LogP contribution in [-0.4, -0.2) is 57.3 Å². The zero-order valence-electron chi connectivity index (χ0n) is 43.5. The minimum absolute atomic E-state index is 0.364. The van der Waals surface area contributed by atoms with E-state index in [9.17, 15) is 25.2 Å². The van der Waals surface area contributed by atoms with Gasteiger partial charge < -0.3 is 25.7 Å². The highest BCUT2D eigenvalue weighted by Crippen LogP contribution is 2.17. The van der Waals surface area contributed by atoms with Crippen molar-refractivity contribution < 1.29 is 25.2 Å². The minimum atomic E-state index is -1.28. The van der Waals surface area contributed by atoms with Crippen LogP contribution in [0.1, 0.15) is 303 Å². The summed E-state index contributed by atoms with van der Waals surface area (Å²) in [4.78, 5) is 12.6. The molecule has 0 bridgehead atoms. The molecule has 384 valence electrons. The molecular formula is C59H113NO5. The van der Waals surface area contributed by atoms with Crippen LogP contribution in [0, 0.1) is 0 Å². The molecule has 5 N–H and O–H groups in total. The number of hydrogen-bond donors (Lipinski definition) is 5. The van der Waals surface area contributed by atoms with E-state index in [0.29, 0.717) is 12.8 Å². The van der Waals surface area contributed by atoms with Gasteiger partial charge in [0.05, 0.1) is 18.8 Å². The molecule has 0 radical (unpaired) electrons. The fourth-order valence-electron chi connectivity index (χ4n) is 9.03. The Morgan fingerprint density at radius 3 is 1.02 bits per heavy atom. The lowest BCUT2D eigenvalue weighted by molar-refractivity contribution is -0.132. The number of allylic oxidation sites excluding steroid dienone is 6. The van der Waals surface area contributed by atoms with E-state index in [1.54, 1.807) is 0 Å². The van der Waals surface area contributed by atoms with E-state index in [-0.39, 0.29) is 0 Å². The van der Waals surface area contributed by atoms with E-state index in [2.05, 4.69) is 55.6 Å². The van der Waals surface area contributed by atoms with E-state index in [0.717, 1.165) is 44.9 Å². The van der Waals surface area contributed by atoms with Gasteiger partial charge >= 0.3 is 0 Å². The first-order chi connectivity index (χ1) is 32.0. The molecule has 0 fully saturated rings. The predicted octanol–water partition coefficient (Wildman–Crippen LogP) is 16.8. The molecule has 6 heteroatoms. The molecular weight excluding hydrogens is 803 g/mol. The molecule has 0 rings (SSSR count). The van der Waals surface area contributed by atoms with Gasteiger partial charge in [-0.05, 0) is 70.6 Å². The van der Waals surface area contributed by atoms with Crippen molar-refractivity contribution in [1.82, 2.24) is 5.32 Å². The molecule has 0 aliphatic carbocycles. The maximum atomic E-state index is 12.6. The Kier molecular flexibility index (Phi) is 52.3. The summed E-state index contributed by atoms with van der Waals surface area (Å²) in [6, 6.07) is -1.00. The molecule has 0 heterocycles. The van der Waals surface area contributed by atoms with Crippen LogP contribution in [0.5, 0.6) is 0 Å². The number of rotatable bonds is 53. The Morgan fingerprint density at radius 1 is 0.385 bits per heavy atom. The maximum absolute atomic E-state index is 12.6. The van der Waals surface area contributed by atoms with Crippen LogP contribution in [-0.2, 0) is 4.79 Å². The summed E-state index contributed by atoms with van der Waals surface area (Å²) < 4.78 is 0. The summed E-state index contributed by atoms with van der Waals surface area (Å²) >= 11 is 0. The van der Waals surface area contributed by atoms with Crippen LogP contribution >= 0.6 is 0 Å². The van der Waals surface area contributed by atoms with Gasteiger partial charge in [0.1, 0.15) is 12.2 Å². The summed E-state index contributed by atoms with van der Waals surface area (Å²) in [6.45, 7) is 4.07. The molecule has 0 aromatic carbocycles. The number of carbonyl (C=O) groups is 1. The molecule has 0 spiro atoms. The van der Waals surface area contributed by atoms with Gasteiger partial charge in [0.15, 0.2) is 0 Å². The molecule has 0 saturated carbocycles. The van der Waals surface area contributed by atoms with Gasteiger partial charge in [0, 0.05) is 0 Å². The number of carbonyl (C=O) groups excluding carboxylic acids is 1. The molecule has 0 aromatic heterocycles. The van der Waals surface area contributed by atoms with E-state index >= 15 is 0 Å². The maximum Gasteiger partial charge on any atom is 0.249 e. The Labute approximate surface area is 405 Å². The fourth-order valence-corrected chi connectivity index (χ4v) is 9.03. The lowest BCUT2D eigenvalue weighted by Crippen LogP contribution is -2.53. The zero-order valence-corrected chi connectivity index (χ0v) is 43.5. The summed E-state index contributed by atoms with van der Waals surface area (Å²) in [5.41, 5.74) is 0. The van der Waals surface area contributed by atoms with Crippen molar-refractivity contribution in [3.05, 3.63) is 36.5 Å². The molecule has 6 nitrogen and oxygen atoms in total. The second-order valence-corrected chi connectivity index (χ2v) is 20.0. The molecule has 0 aliphatic rings. The first-order valence-electron chi connectivity index (χ1n) is 28.9. The van der Waals surface area contributed by atoms with Crippen molar-refractivity contribution >= 4 is 5.91 Å². The highest BCUT2D eigenvalue weighted by Gasteiger charge is 2.28. The average Bonchev–Trinajstić information content (AvgIpc) is 3.31. The van der Waals surface area contributed by atoms with Crippen molar-refractivity contribution in [1.29, 1.82) is 0 Å². The number of nitrogens with one attached hydrogen (secondary N) is 1. The first-order valence-corrected chi connectivity index (χ1v) is 28.9. The monoisotopic (exact) mass is 916 g/mol. The normalized spacial score (nSPS) is 14.0. The van der Waals surface area contributed by atoms with Gasteiger partial charge in [0.2, 0.25) is 5.91 Å². The second-order valence-electron chi connectivity index (χ2n) is 20.0. The van der Waals surface area contributed by atoms with E-state index in [1.807, 2.05) is 0 Å². The Hall–Kier alpha value is -1.47. The van der Waals surface area contributed by atoms with Crippen molar-refractivity contribution in [3.8, 4) is 0 Å². The standard InChI is InChI=1S/C59H113NO5/c1-3-5-7-9-11-13-15-17-19-21-22-23-24-25-26-27-28-29-30-31-32-33-34-35-37-39-41-43-45-47-49-51-53-57(63)59(65)60-55(54-61)58(64)56(62)52-50-48-46-44-42-40-38-36-20-18-16-14-12-10-8-6-4-2/h22-23,25-26,44,46,55-58,61-64H,3-21,24,27-43,45,47-54H2,1-2H3,(H,60,65)/b23-22-,26-25-,46-44+. The van der Waals surface area contributed by atoms with E-state index in [1.165, 1.54) is 231 Å². The van der Waals surface area contributed by atoms with Crippen LogP contribution in [0.3, 0.4) is 0 Å². The SMILES string of the molecule is CCCCCCCCCCC/C=C\C/C=C\CCCCCCCCCCCCCCCCCCC(O)C(=O)NC(CO)C(O)C(O)CCC/C=C/CCCCCCCCCCCCCC. The number of unbranched alkanes of at least 4 members (excludes halogenated alkanes) is 38. The summed E-state index contributed by atoms with van der Waals surface area (Å²) in [5, 5.41) is 43.9. The smallest absolute Gasteiger partial charge is 0.249 e. The van der Waals surface area contributed by atoms with E-state index in [4.69, 9.17) is 0 Å². The quantitative estimate of drug-likeness (QED) is 0.0308. The van der Waals surface area contributed by atoms with Gasteiger partial charge in [-0.25, -0.2) is 0 Å². The summed E-state index contributed by atoms with van der Waals surface area (Å²) in [6.07, 6.45) is 66.5. The number of amides is 1. The van der Waals surface area contributed by atoms with Crippen LogP contribution in [0.2, 0.25) is 0 Å². The van der Waals surface area contributed by atoms with Gasteiger partial charge in [-0.3, -0.25) is 4.79 Å². The van der Waals surface area contributed by atoms with Gasteiger partial charge in [-0.2, -0.15) is 0 Å². The first kappa shape index (κ1) is 63.5. The third-order valence-electron chi connectivity index (χ3n) is 13.6. The van der Waals surface area contributed by atoms with Crippen molar-refractivity contribution in [3.63, 3.8) is 0 Å². The summed E-state index contributed by atoms with van der Waals surface area (Å²) in [7, 11) is 0. The predicted molar refractivity (Wildman–Crippen MR) is 284 cm³/mol. The largest absolute Gasteiger partial charge is 0.394 e. The highest BCUT2D eigenvalue weighted by atomic mass is 16.3. The molecule has 1 amide bonds. The summed E-state index contributed by atoms with van der Waals surface area (Å²) in [5.74, 6) is -0.590. The lowest BCUT2D eigenvalue weighted by Gasteiger charge is -2.27. The second kappa shape index (κ2) is 53.5. The average molecular weight is 917 g/mol. The number of aliphatic hydroxyl groups is 4. The number of aliphatic hydroxyl groups excluding tert-OH is 4. The third kappa shape index (κ3) is 47.4. The van der Waals surface area contributed by atoms with Crippen LogP contribution in [0.25, 0.3) is 0 Å². The van der Waals surface area contributed by atoms with Crippen molar-refractivity contribution in [2.24, 2.45) is 0 Å². The Bertz CT molecular complexity index is 1030. The fraction of sp³-hybridized carbons (Fsp3) is 0.881. The van der Waals surface area contributed by atoms with E-state index < -0.39 is 36.9 Å². The molecule has 4 atom stereocenters. The highest BCUT2D eigenvalue weighted by molar-refractivity contribution is 5.80. The Balaban J connectivity index is 3.61. The van der Waals surface area contributed by atoms with Crippen LogP contribution in [0.15, 0.2) is 36.5 Å². The van der Waals surface area contributed by atoms with Gasteiger partial charge in [0.25, 0.3) is 0 Å². The zero-order chi connectivity index (χ0) is 47.4. The molecule has 0 aliphatic heterocycles. The molecule has 0 aromatic rings. The van der Waals surface area contributed by atoms with Crippen LogP contribution in [0.4, 0.5) is 0 Å².